The molecular formula is C22H25N3O2. The van der Waals surface area contributed by atoms with Crippen LogP contribution in [-0.2, 0) is 0 Å². The van der Waals surface area contributed by atoms with Gasteiger partial charge in [0, 0.05) is 49.9 Å². The molecule has 4 rings (SSSR count). The SMILES string of the molecule is O=c1ccc2cccc(OCCCN3CCN(c4ccccc4)CC3)c2[nH]1. The molecule has 140 valence electrons. The van der Waals surface area contributed by atoms with Gasteiger partial charge in [-0.15, -0.1) is 0 Å². The second-order valence-corrected chi connectivity index (χ2v) is 6.91. The minimum absolute atomic E-state index is 0.102. The molecule has 1 aliphatic rings. The highest BCUT2D eigenvalue weighted by Gasteiger charge is 2.16. The molecule has 0 spiro atoms. The molecule has 1 fully saturated rings. The number of ether oxygens (including phenoxy) is 1. The Bertz CT molecular complexity index is 931. The van der Waals surface area contributed by atoms with Crippen LogP contribution in [-0.4, -0.2) is 49.2 Å². The summed E-state index contributed by atoms with van der Waals surface area (Å²) < 4.78 is 5.95. The summed E-state index contributed by atoms with van der Waals surface area (Å²) in [6, 6.07) is 19.8. The van der Waals surface area contributed by atoms with Crippen molar-refractivity contribution in [2.24, 2.45) is 0 Å². The molecule has 0 aliphatic carbocycles. The summed E-state index contributed by atoms with van der Waals surface area (Å²) in [6.45, 7) is 5.97. The first-order chi connectivity index (χ1) is 13.3. The van der Waals surface area contributed by atoms with Gasteiger partial charge in [-0.2, -0.15) is 0 Å². The molecule has 27 heavy (non-hydrogen) atoms. The van der Waals surface area contributed by atoms with Crippen LogP contribution in [0.1, 0.15) is 6.42 Å². The number of piperazine rings is 1. The van der Waals surface area contributed by atoms with Gasteiger partial charge >= 0.3 is 0 Å². The fourth-order valence-corrected chi connectivity index (χ4v) is 3.61. The van der Waals surface area contributed by atoms with Crippen LogP contribution in [0.25, 0.3) is 10.9 Å². The van der Waals surface area contributed by atoms with E-state index in [2.05, 4.69) is 45.1 Å². The lowest BCUT2D eigenvalue weighted by Gasteiger charge is -2.36. The third-order valence-corrected chi connectivity index (χ3v) is 5.09. The van der Waals surface area contributed by atoms with E-state index in [9.17, 15) is 4.79 Å². The molecule has 0 atom stereocenters. The molecule has 1 saturated heterocycles. The smallest absolute Gasteiger partial charge is 0.248 e. The summed E-state index contributed by atoms with van der Waals surface area (Å²) >= 11 is 0. The van der Waals surface area contributed by atoms with Crippen LogP contribution in [0.2, 0.25) is 0 Å². The molecule has 1 N–H and O–H groups in total. The number of H-pyrrole nitrogens is 1. The number of nitrogens with zero attached hydrogens (tertiary/aromatic N) is 2. The predicted molar refractivity (Wildman–Crippen MR) is 110 cm³/mol. The van der Waals surface area contributed by atoms with Crippen LogP contribution in [0.4, 0.5) is 5.69 Å². The number of benzene rings is 2. The standard InChI is InChI=1S/C22H25N3O2/c26-21-11-10-18-6-4-9-20(22(18)23-21)27-17-5-12-24-13-15-25(16-14-24)19-7-2-1-3-8-19/h1-4,6-11H,5,12-17H2,(H,23,26). The Morgan fingerprint density at radius 3 is 2.52 bits per heavy atom. The molecule has 0 amide bonds. The number of nitrogens with one attached hydrogen (secondary N) is 1. The highest BCUT2D eigenvalue weighted by atomic mass is 16.5. The molecule has 0 bridgehead atoms. The second kappa shape index (κ2) is 8.27. The van der Waals surface area contributed by atoms with Crippen LogP contribution in [0.3, 0.4) is 0 Å². The first-order valence-corrected chi connectivity index (χ1v) is 9.57. The lowest BCUT2D eigenvalue weighted by molar-refractivity contribution is 0.225. The van der Waals surface area contributed by atoms with Gasteiger partial charge in [0.25, 0.3) is 0 Å². The fourth-order valence-electron chi connectivity index (χ4n) is 3.61. The number of hydrogen-bond donors (Lipinski definition) is 1. The first-order valence-electron chi connectivity index (χ1n) is 9.57. The molecule has 3 aromatic rings. The zero-order chi connectivity index (χ0) is 18.5. The van der Waals surface area contributed by atoms with Gasteiger partial charge in [-0.05, 0) is 30.7 Å². The van der Waals surface area contributed by atoms with Crippen molar-refractivity contribution < 1.29 is 4.74 Å². The maximum Gasteiger partial charge on any atom is 0.248 e. The van der Waals surface area contributed by atoms with E-state index < -0.39 is 0 Å². The topological polar surface area (TPSA) is 48.6 Å². The monoisotopic (exact) mass is 363 g/mol. The Labute approximate surface area is 159 Å². The Hall–Kier alpha value is -2.79. The molecule has 0 saturated carbocycles. The maximum atomic E-state index is 11.6. The lowest BCUT2D eigenvalue weighted by atomic mass is 10.2. The molecule has 2 aromatic carbocycles. The van der Waals surface area contributed by atoms with E-state index >= 15 is 0 Å². The number of aromatic nitrogens is 1. The number of hydrogen-bond acceptors (Lipinski definition) is 4. The molecule has 5 heteroatoms. The van der Waals surface area contributed by atoms with Crippen LogP contribution >= 0.6 is 0 Å². The zero-order valence-corrected chi connectivity index (χ0v) is 15.4. The third kappa shape index (κ3) is 4.31. The number of rotatable bonds is 6. The van der Waals surface area contributed by atoms with Crippen molar-refractivity contribution >= 4 is 16.6 Å². The van der Waals surface area contributed by atoms with Crippen LogP contribution < -0.4 is 15.2 Å². The van der Waals surface area contributed by atoms with Gasteiger partial charge in [-0.25, -0.2) is 0 Å². The summed E-state index contributed by atoms with van der Waals surface area (Å²) in [5.41, 5.74) is 1.99. The van der Waals surface area contributed by atoms with Crippen molar-refractivity contribution in [3.63, 3.8) is 0 Å². The van der Waals surface area contributed by atoms with Crippen molar-refractivity contribution in [3.8, 4) is 5.75 Å². The van der Waals surface area contributed by atoms with Crippen LogP contribution in [0.15, 0.2) is 65.5 Å². The average Bonchev–Trinajstić information content (AvgIpc) is 2.72. The number of pyridine rings is 1. The number of aromatic amines is 1. The summed E-state index contributed by atoms with van der Waals surface area (Å²) in [5, 5.41) is 0.990. The third-order valence-electron chi connectivity index (χ3n) is 5.09. The van der Waals surface area contributed by atoms with Crippen molar-refractivity contribution in [2.45, 2.75) is 6.42 Å². The first kappa shape index (κ1) is 17.6. The molecule has 5 nitrogen and oxygen atoms in total. The molecule has 2 heterocycles. The number of para-hydroxylation sites is 2. The van der Waals surface area contributed by atoms with E-state index in [1.807, 2.05) is 24.3 Å². The van der Waals surface area contributed by atoms with Gasteiger partial charge in [0.15, 0.2) is 0 Å². The predicted octanol–water partition coefficient (Wildman–Crippen LogP) is 3.12. The fraction of sp³-hybridized carbons (Fsp3) is 0.318. The Morgan fingerprint density at radius 2 is 1.70 bits per heavy atom. The minimum Gasteiger partial charge on any atom is -0.491 e. The van der Waals surface area contributed by atoms with Crippen molar-refractivity contribution in [1.29, 1.82) is 0 Å². The van der Waals surface area contributed by atoms with Gasteiger partial charge in [-0.1, -0.05) is 30.3 Å². The summed E-state index contributed by atoms with van der Waals surface area (Å²) in [6.07, 6.45) is 0.971. The van der Waals surface area contributed by atoms with E-state index in [4.69, 9.17) is 4.74 Å². The minimum atomic E-state index is -0.102. The molecular weight excluding hydrogens is 338 g/mol. The van der Waals surface area contributed by atoms with Gasteiger partial charge in [0.2, 0.25) is 5.56 Å². The summed E-state index contributed by atoms with van der Waals surface area (Å²) in [5.74, 6) is 0.749. The van der Waals surface area contributed by atoms with Crippen LogP contribution in [0, 0.1) is 0 Å². The number of fused-ring (bicyclic) bond motifs is 1. The van der Waals surface area contributed by atoms with Crippen LogP contribution in [0.5, 0.6) is 5.75 Å². The van der Waals surface area contributed by atoms with E-state index in [-0.39, 0.29) is 5.56 Å². The maximum absolute atomic E-state index is 11.6. The summed E-state index contributed by atoms with van der Waals surface area (Å²) in [4.78, 5) is 19.4. The van der Waals surface area contributed by atoms with Gasteiger partial charge in [-0.3, -0.25) is 9.69 Å². The largest absolute Gasteiger partial charge is 0.491 e. The van der Waals surface area contributed by atoms with E-state index in [0.717, 1.165) is 55.8 Å². The average molecular weight is 363 g/mol. The quantitative estimate of drug-likeness (QED) is 0.684. The molecule has 1 aromatic heterocycles. The van der Waals surface area contributed by atoms with Crippen molar-refractivity contribution in [2.75, 3.05) is 44.2 Å². The molecule has 0 radical (unpaired) electrons. The molecule has 0 unspecified atom stereocenters. The summed E-state index contributed by atoms with van der Waals surface area (Å²) in [7, 11) is 0. The van der Waals surface area contributed by atoms with E-state index in [1.54, 1.807) is 6.07 Å². The Kier molecular flexibility index (Phi) is 5.39. The van der Waals surface area contributed by atoms with Gasteiger partial charge < -0.3 is 14.6 Å². The van der Waals surface area contributed by atoms with Crippen molar-refractivity contribution in [1.82, 2.24) is 9.88 Å². The van der Waals surface area contributed by atoms with E-state index in [0.29, 0.717) is 6.61 Å². The van der Waals surface area contributed by atoms with E-state index in [1.165, 1.54) is 5.69 Å². The van der Waals surface area contributed by atoms with Crippen molar-refractivity contribution in [3.05, 3.63) is 71.0 Å². The highest BCUT2D eigenvalue weighted by Crippen LogP contribution is 2.22. The molecule has 1 aliphatic heterocycles. The Morgan fingerprint density at radius 1 is 0.889 bits per heavy atom. The van der Waals surface area contributed by atoms with Gasteiger partial charge in [0.1, 0.15) is 5.75 Å². The second-order valence-electron chi connectivity index (χ2n) is 6.91. The number of anilines is 1. The zero-order valence-electron chi connectivity index (χ0n) is 15.4. The Balaban J connectivity index is 1.25. The van der Waals surface area contributed by atoms with Gasteiger partial charge in [0.05, 0.1) is 12.1 Å². The lowest BCUT2D eigenvalue weighted by Crippen LogP contribution is -2.46. The normalized spacial score (nSPS) is 15.2. The highest BCUT2D eigenvalue weighted by molar-refractivity contribution is 5.84.